The monoisotopic (exact) mass is 347 g/mol. The lowest BCUT2D eigenvalue weighted by Crippen LogP contribution is -2.07. The summed E-state index contributed by atoms with van der Waals surface area (Å²) in [5.74, 6) is 0.893. The second-order valence-electron chi connectivity index (χ2n) is 4.67. The van der Waals surface area contributed by atoms with Gasteiger partial charge in [0.05, 0.1) is 6.04 Å². The van der Waals surface area contributed by atoms with Crippen LogP contribution in [0.25, 0.3) is 10.8 Å². The Kier molecular flexibility index (Phi) is 3.72. The standard InChI is InChI=1S/C15H14BrN3S/c1-9-8-18-15(20-9)10(2)19-14-12-4-3-5-13(16)11(12)6-7-17-14/h3-8,10H,1-2H3,(H,17,19). The Hall–Kier alpha value is -1.46. The number of aromatic nitrogens is 2. The van der Waals surface area contributed by atoms with Crippen molar-refractivity contribution in [2.24, 2.45) is 0 Å². The van der Waals surface area contributed by atoms with Gasteiger partial charge in [-0.1, -0.05) is 28.1 Å². The molecule has 0 saturated carbocycles. The van der Waals surface area contributed by atoms with Gasteiger partial charge in [-0.25, -0.2) is 9.97 Å². The number of hydrogen-bond donors (Lipinski definition) is 1. The number of benzene rings is 1. The van der Waals surface area contributed by atoms with E-state index >= 15 is 0 Å². The average molecular weight is 348 g/mol. The molecule has 0 amide bonds. The first kappa shape index (κ1) is 13.5. The van der Waals surface area contributed by atoms with Crippen molar-refractivity contribution in [3.05, 3.63) is 51.0 Å². The lowest BCUT2D eigenvalue weighted by Gasteiger charge is -2.14. The van der Waals surface area contributed by atoms with Crippen LogP contribution in [0.15, 0.2) is 41.1 Å². The Morgan fingerprint density at radius 1 is 1.20 bits per heavy atom. The molecule has 3 aromatic rings. The lowest BCUT2D eigenvalue weighted by molar-refractivity contribution is 0.863. The van der Waals surface area contributed by atoms with Gasteiger partial charge in [-0.3, -0.25) is 0 Å². The van der Waals surface area contributed by atoms with Gasteiger partial charge in [-0.2, -0.15) is 0 Å². The molecule has 1 unspecified atom stereocenters. The lowest BCUT2D eigenvalue weighted by atomic mass is 10.1. The molecule has 0 aliphatic rings. The van der Waals surface area contributed by atoms with Crippen LogP contribution in [0, 0.1) is 6.92 Å². The van der Waals surface area contributed by atoms with Gasteiger partial charge >= 0.3 is 0 Å². The Labute approximate surface area is 130 Å². The number of pyridine rings is 1. The minimum atomic E-state index is 0.144. The highest BCUT2D eigenvalue weighted by atomic mass is 79.9. The zero-order valence-corrected chi connectivity index (χ0v) is 13.6. The van der Waals surface area contributed by atoms with Crippen molar-refractivity contribution in [3.8, 4) is 0 Å². The van der Waals surface area contributed by atoms with Crippen LogP contribution < -0.4 is 5.32 Å². The van der Waals surface area contributed by atoms with Gasteiger partial charge in [0.1, 0.15) is 10.8 Å². The maximum atomic E-state index is 4.47. The number of nitrogens with one attached hydrogen (secondary N) is 1. The molecule has 0 aliphatic carbocycles. The first-order valence-electron chi connectivity index (χ1n) is 6.37. The summed E-state index contributed by atoms with van der Waals surface area (Å²) < 4.78 is 1.08. The molecule has 1 aromatic carbocycles. The summed E-state index contributed by atoms with van der Waals surface area (Å²) in [6.07, 6.45) is 3.74. The first-order valence-corrected chi connectivity index (χ1v) is 7.98. The summed E-state index contributed by atoms with van der Waals surface area (Å²) in [4.78, 5) is 10.1. The summed E-state index contributed by atoms with van der Waals surface area (Å²) in [5.41, 5.74) is 0. The number of nitrogens with zero attached hydrogens (tertiary/aromatic N) is 2. The van der Waals surface area contributed by atoms with Crippen molar-refractivity contribution >= 4 is 43.9 Å². The third-order valence-electron chi connectivity index (χ3n) is 3.12. The maximum absolute atomic E-state index is 4.47. The van der Waals surface area contributed by atoms with Gasteiger partial charge in [-0.05, 0) is 26.0 Å². The second kappa shape index (κ2) is 5.50. The van der Waals surface area contributed by atoms with E-state index in [-0.39, 0.29) is 6.04 Å². The van der Waals surface area contributed by atoms with E-state index in [9.17, 15) is 0 Å². The normalized spacial score (nSPS) is 12.6. The fourth-order valence-electron chi connectivity index (χ4n) is 2.12. The highest BCUT2D eigenvalue weighted by Gasteiger charge is 2.12. The van der Waals surface area contributed by atoms with Gasteiger partial charge < -0.3 is 5.32 Å². The molecule has 2 aromatic heterocycles. The molecule has 1 N–H and O–H groups in total. The van der Waals surface area contributed by atoms with Crippen molar-refractivity contribution in [3.63, 3.8) is 0 Å². The Morgan fingerprint density at radius 2 is 2.05 bits per heavy atom. The van der Waals surface area contributed by atoms with E-state index in [1.54, 1.807) is 11.3 Å². The second-order valence-corrected chi connectivity index (χ2v) is 6.79. The Bertz CT molecular complexity index is 754. The molecular weight excluding hydrogens is 334 g/mol. The molecular formula is C15H14BrN3S. The molecule has 2 heterocycles. The van der Waals surface area contributed by atoms with Crippen molar-refractivity contribution in [1.82, 2.24) is 9.97 Å². The molecule has 0 saturated heterocycles. The van der Waals surface area contributed by atoms with Crippen LogP contribution in [-0.4, -0.2) is 9.97 Å². The minimum Gasteiger partial charge on any atom is -0.361 e. The number of halogens is 1. The summed E-state index contributed by atoms with van der Waals surface area (Å²) >= 11 is 5.29. The number of thiazole rings is 1. The van der Waals surface area contributed by atoms with Gasteiger partial charge in [0.2, 0.25) is 0 Å². The Balaban J connectivity index is 1.97. The molecule has 0 spiro atoms. The van der Waals surface area contributed by atoms with Crippen LogP contribution in [0.5, 0.6) is 0 Å². The summed E-state index contributed by atoms with van der Waals surface area (Å²) in [7, 11) is 0. The average Bonchev–Trinajstić information content (AvgIpc) is 2.87. The van der Waals surface area contributed by atoms with Crippen molar-refractivity contribution in [1.29, 1.82) is 0 Å². The topological polar surface area (TPSA) is 37.8 Å². The molecule has 102 valence electrons. The molecule has 0 bridgehead atoms. The molecule has 1 atom stereocenters. The fraction of sp³-hybridized carbons (Fsp3) is 0.200. The van der Waals surface area contributed by atoms with Crippen LogP contribution >= 0.6 is 27.3 Å². The quantitative estimate of drug-likeness (QED) is 0.729. The fourth-order valence-corrected chi connectivity index (χ4v) is 3.40. The molecule has 0 radical (unpaired) electrons. The molecule has 20 heavy (non-hydrogen) atoms. The van der Waals surface area contributed by atoms with E-state index in [2.05, 4.69) is 51.1 Å². The van der Waals surface area contributed by atoms with Gasteiger partial charge in [0.15, 0.2) is 0 Å². The zero-order chi connectivity index (χ0) is 14.1. The summed E-state index contributed by atoms with van der Waals surface area (Å²) in [5, 5.41) is 6.81. The highest BCUT2D eigenvalue weighted by molar-refractivity contribution is 9.10. The summed E-state index contributed by atoms with van der Waals surface area (Å²) in [6, 6.07) is 8.31. The van der Waals surface area contributed by atoms with Crippen LogP contribution in [-0.2, 0) is 0 Å². The molecule has 3 nitrogen and oxygen atoms in total. The molecule has 0 aliphatic heterocycles. The van der Waals surface area contributed by atoms with Crippen molar-refractivity contribution < 1.29 is 0 Å². The third-order valence-corrected chi connectivity index (χ3v) is 4.90. The number of aryl methyl sites for hydroxylation is 1. The SMILES string of the molecule is Cc1cnc(C(C)Nc2nccc3c(Br)cccc23)s1. The van der Waals surface area contributed by atoms with E-state index in [1.165, 1.54) is 4.88 Å². The number of anilines is 1. The van der Waals surface area contributed by atoms with Gasteiger partial charge in [-0.15, -0.1) is 11.3 Å². The number of fused-ring (bicyclic) bond motifs is 1. The zero-order valence-electron chi connectivity index (χ0n) is 11.2. The van der Waals surface area contributed by atoms with E-state index in [0.29, 0.717) is 0 Å². The van der Waals surface area contributed by atoms with Gasteiger partial charge in [0, 0.05) is 32.5 Å². The van der Waals surface area contributed by atoms with Crippen LogP contribution in [0.4, 0.5) is 5.82 Å². The smallest absolute Gasteiger partial charge is 0.134 e. The predicted octanol–water partition coefficient (Wildman–Crippen LogP) is 4.94. The third kappa shape index (κ3) is 2.55. The summed E-state index contributed by atoms with van der Waals surface area (Å²) in [6.45, 7) is 4.18. The van der Waals surface area contributed by atoms with Crippen LogP contribution in [0.1, 0.15) is 22.9 Å². The van der Waals surface area contributed by atoms with Crippen molar-refractivity contribution in [2.45, 2.75) is 19.9 Å². The largest absolute Gasteiger partial charge is 0.361 e. The first-order chi connectivity index (χ1) is 9.65. The van der Waals surface area contributed by atoms with E-state index in [1.807, 2.05) is 30.6 Å². The van der Waals surface area contributed by atoms with E-state index in [4.69, 9.17) is 0 Å². The maximum Gasteiger partial charge on any atom is 0.134 e. The van der Waals surface area contributed by atoms with Crippen LogP contribution in [0.3, 0.4) is 0 Å². The van der Waals surface area contributed by atoms with Crippen molar-refractivity contribution in [2.75, 3.05) is 5.32 Å². The highest BCUT2D eigenvalue weighted by Crippen LogP contribution is 2.30. The van der Waals surface area contributed by atoms with E-state index in [0.717, 1.165) is 26.1 Å². The number of rotatable bonds is 3. The molecule has 5 heteroatoms. The Morgan fingerprint density at radius 3 is 2.80 bits per heavy atom. The van der Waals surface area contributed by atoms with Crippen LogP contribution in [0.2, 0.25) is 0 Å². The minimum absolute atomic E-state index is 0.144. The predicted molar refractivity (Wildman–Crippen MR) is 88.3 cm³/mol. The molecule has 3 rings (SSSR count). The van der Waals surface area contributed by atoms with E-state index < -0.39 is 0 Å². The number of hydrogen-bond acceptors (Lipinski definition) is 4. The van der Waals surface area contributed by atoms with Gasteiger partial charge in [0.25, 0.3) is 0 Å². The molecule has 0 fully saturated rings.